The molecular formula is C25H27N3O3. The number of fused-ring (bicyclic) bond motifs is 2. The van der Waals surface area contributed by atoms with Crippen molar-refractivity contribution in [3.8, 4) is 17.0 Å². The van der Waals surface area contributed by atoms with Gasteiger partial charge in [0.1, 0.15) is 0 Å². The fourth-order valence-electron chi connectivity index (χ4n) is 4.49. The van der Waals surface area contributed by atoms with Crippen LogP contribution in [0.15, 0.2) is 42.5 Å². The summed E-state index contributed by atoms with van der Waals surface area (Å²) in [6, 6.07) is 14.4. The topological polar surface area (TPSA) is 54.9 Å². The van der Waals surface area contributed by atoms with Crippen molar-refractivity contribution in [1.82, 2.24) is 14.8 Å². The number of hydrogen-bond donors (Lipinski definition) is 0. The molecule has 0 bridgehead atoms. The van der Waals surface area contributed by atoms with Gasteiger partial charge in [-0.05, 0) is 53.9 Å². The summed E-state index contributed by atoms with van der Waals surface area (Å²) >= 11 is 0. The lowest BCUT2D eigenvalue weighted by Crippen LogP contribution is -2.40. The van der Waals surface area contributed by atoms with E-state index >= 15 is 0 Å². The molecule has 2 aliphatic rings. The summed E-state index contributed by atoms with van der Waals surface area (Å²) in [5, 5.41) is 0.966. The maximum Gasteiger partial charge on any atom is 0.254 e. The molecule has 6 heteroatoms. The van der Waals surface area contributed by atoms with E-state index in [1.807, 2.05) is 29.2 Å². The largest absolute Gasteiger partial charge is 0.481 e. The first kappa shape index (κ1) is 20.0. The molecule has 0 unspecified atom stereocenters. The Kier molecular flexibility index (Phi) is 5.34. The van der Waals surface area contributed by atoms with Crippen molar-refractivity contribution in [2.75, 3.05) is 47.0 Å². The first-order valence-electron chi connectivity index (χ1n) is 10.8. The number of carbonyl (C=O) groups excluding carboxylic acids is 1. The number of morpholine rings is 1. The Morgan fingerprint density at radius 1 is 1.03 bits per heavy atom. The molecule has 6 nitrogen and oxygen atoms in total. The van der Waals surface area contributed by atoms with Gasteiger partial charge in [0.15, 0.2) is 0 Å². The predicted octanol–water partition coefficient (Wildman–Crippen LogP) is 3.37. The second kappa shape index (κ2) is 8.29. The molecule has 31 heavy (non-hydrogen) atoms. The molecule has 0 N–H and O–H groups in total. The van der Waals surface area contributed by atoms with E-state index in [1.165, 1.54) is 11.1 Å². The Hall–Kier alpha value is -2.96. The first-order valence-corrected chi connectivity index (χ1v) is 10.8. The molecule has 2 aromatic carbocycles. The molecule has 3 aromatic rings. The maximum atomic E-state index is 13.1. The molecule has 3 heterocycles. The fourth-order valence-corrected chi connectivity index (χ4v) is 4.49. The monoisotopic (exact) mass is 417 g/mol. The highest BCUT2D eigenvalue weighted by Crippen LogP contribution is 2.34. The molecule has 0 atom stereocenters. The molecule has 0 spiro atoms. The van der Waals surface area contributed by atoms with Crippen molar-refractivity contribution in [3.05, 3.63) is 59.2 Å². The van der Waals surface area contributed by atoms with Gasteiger partial charge in [-0.2, -0.15) is 0 Å². The average molecular weight is 418 g/mol. The van der Waals surface area contributed by atoms with Crippen LogP contribution in [-0.4, -0.2) is 67.7 Å². The standard InChI is InChI=1S/C25H27N3O3/c1-27-8-7-17-13-18(3-4-20(17)16-27)21-15-24(30-2)26-23-6-5-19(14-22(21)23)25(29)28-9-11-31-12-10-28/h3-6,13-15H,7-12,16H2,1-2H3. The van der Waals surface area contributed by atoms with Crippen LogP contribution in [-0.2, 0) is 17.7 Å². The highest BCUT2D eigenvalue weighted by Gasteiger charge is 2.20. The Morgan fingerprint density at radius 3 is 2.68 bits per heavy atom. The van der Waals surface area contributed by atoms with Crippen molar-refractivity contribution < 1.29 is 14.3 Å². The molecule has 1 saturated heterocycles. The summed E-state index contributed by atoms with van der Waals surface area (Å²) in [6.07, 6.45) is 1.04. The minimum Gasteiger partial charge on any atom is -0.481 e. The summed E-state index contributed by atoms with van der Waals surface area (Å²) in [6.45, 7) is 4.48. The number of amides is 1. The Labute approximate surface area is 182 Å². The molecule has 2 aliphatic heterocycles. The van der Waals surface area contributed by atoms with Gasteiger partial charge in [0.05, 0.1) is 25.8 Å². The second-order valence-electron chi connectivity index (χ2n) is 8.32. The van der Waals surface area contributed by atoms with Crippen LogP contribution < -0.4 is 4.74 Å². The number of ether oxygens (including phenoxy) is 2. The Balaban J connectivity index is 1.60. The van der Waals surface area contributed by atoms with Crippen LogP contribution in [0.1, 0.15) is 21.5 Å². The van der Waals surface area contributed by atoms with Crippen LogP contribution in [0.2, 0.25) is 0 Å². The van der Waals surface area contributed by atoms with E-state index in [0.29, 0.717) is 37.7 Å². The Morgan fingerprint density at radius 2 is 1.87 bits per heavy atom. The van der Waals surface area contributed by atoms with E-state index in [1.54, 1.807) is 7.11 Å². The number of aromatic nitrogens is 1. The third kappa shape index (κ3) is 3.89. The third-order valence-electron chi connectivity index (χ3n) is 6.26. The van der Waals surface area contributed by atoms with Crippen molar-refractivity contribution in [2.24, 2.45) is 0 Å². The van der Waals surface area contributed by atoms with Crippen LogP contribution in [0.4, 0.5) is 0 Å². The fraction of sp³-hybridized carbons (Fsp3) is 0.360. The number of pyridine rings is 1. The minimum atomic E-state index is 0.0421. The van der Waals surface area contributed by atoms with E-state index in [9.17, 15) is 4.79 Å². The van der Waals surface area contributed by atoms with Crippen molar-refractivity contribution in [1.29, 1.82) is 0 Å². The van der Waals surface area contributed by atoms with E-state index in [4.69, 9.17) is 9.47 Å². The third-order valence-corrected chi connectivity index (χ3v) is 6.26. The number of likely N-dealkylation sites (N-methyl/N-ethyl adjacent to an activating group) is 1. The number of nitrogens with zero attached hydrogens (tertiary/aromatic N) is 3. The van der Waals surface area contributed by atoms with E-state index < -0.39 is 0 Å². The van der Waals surface area contributed by atoms with Crippen molar-refractivity contribution >= 4 is 16.8 Å². The van der Waals surface area contributed by atoms with Gasteiger partial charge >= 0.3 is 0 Å². The lowest BCUT2D eigenvalue weighted by Gasteiger charge is -2.27. The number of carbonyl (C=O) groups is 1. The van der Waals surface area contributed by atoms with Gasteiger partial charge in [-0.15, -0.1) is 0 Å². The SMILES string of the molecule is COc1cc(-c2ccc3c(c2)CCN(C)C3)c2cc(C(=O)N3CCOCC3)ccc2n1. The summed E-state index contributed by atoms with van der Waals surface area (Å²) in [5.74, 6) is 0.618. The summed E-state index contributed by atoms with van der Waals surface area (Å²) in [7, 11) is 3.79. The minimum absolute atomic E-state index is 0.0421. The highest BCUT2D eigenvalue weighted by atomic mass is 16.5. The predicted molar refractivity (Wildman–Crippen MR) is 120 cm³/mol. The van der Waals surface area contributed by atoms with Crippen molar-refractivity contribution in [2.45, 2.75) is 13.0 Å². The zero-order valence-electron chi connectivity index (χ0n) is 18.1. The van der Waals surface area contributed by atoms with Gasteiger partial charge in [-0.25, -0.2) is 4.98 Å². The molecule has 0 radical (unpaired) electrons. The molecule has 160 valence electrons. The lowest BCUT2D eigenvalue weighted by atomic mass is 9.93. The van der Waals surface area contributed by atoms with Gasteiger partial charge in [-0.1, -0.05) is 18.2 Å². The quantitative estimate of drug-likeness (QED) is 0.654. The molecule has 5 rings (SSSR count). The molecule has 1 fully saturated rings. The van der Waals surface area contributed by atoms with E-state index in [0.717, 1.165) is 41.5 Å². The first-order chi connectivity index (χ1) is 15.1. The van der Waals surface area contributed by atoms with Crippen LogP contribution in [0.5, 0.6) is 5.88 Å². The summed E-state index contributed by atoms with van der Waals surface area (Å²) in [5.41, 5.74) is 6.45. The van der Waals surface area contributed by atoms with Gasteiger partial charge < -0.3 is 19.3 Å². The van der Waals surface area contributed by atoms with Crippen LogP contribution in [0.3, 0.4) is 0 Å². The normalized spacial score (nSPS) is 16.9. The lowest BCUT2D eigenvalue weighted by molar-refractivity contribution is 0.0303. The smallest absolute Gasteiger partial charge is 0.254 e. The maximum absolute atomic E-state index is 13.1. The van der Waals surface area contributed by atoms with E-state index in [2.05, 4.69) is 35.1 Å². The van der Waals surface area contributed by atoms with Crippen LogP contribution >= 0.6 is 0 Å². The number of methoxy groups -OCH3 is 1. The number of hydrogen-bond acceptors (Lipinski definition) is 5. The highest BCUT2D eigenvalue weighted by molar-refractivity contribution is 6.02. The zero-order chi connectivity index (χ0) is 21.4. The molecular weight excluding hydrogens is 390 g/mol. The summed E-state index contributed by atoms with van der Waals surface area (Å²) < 4.78 is 10.9. The van der Waals surface area contributed by atoms with Crippen molar-refractivity contribution in [3.63, 3.8) is 0 Å². The molecule has 0 saturated carbocycles. The summed E-state index contributed by atoms with van der Waals surface area (Å²) in [4.78, 5) is 21.9. The number of rotatable bonds is 3. The van der Waals surface area contributed by atoms with Crippen LogP contribution in [0.25, 0.3) is 22.0 Å². The van der Waals surface area contributed by atoms with E-state index in [-0.39, 0.29) is 5.91 Å². The second-order valence-corrected chi connectivity index (χ2v) is 8.32. The zero-order valence-corrected chi connectivity index (χ0v) is 18.1. The number of benzene rings is 2. The van der Waals surface area contributed by atoms with Gasteiger partial charge in [0.25, 0.3) is 5.91 Å². The Bertz CT molecular complexity index is 1140. The van der Waals surface area contributed by atoms with Gasteiger partial charge in [0, 0.05) is 43.2 Å². The average Bonchev–Trinajstić information content (AvgIpc) is 2.82. The van der Waals surface area contributed by atoms with Gasteiger partial charge in [0.2, 0.25) is 5.88 Å². The molecule has 1 amide bonds. The van der Waals surface area contributed by atoms with Gasteiger partial charge in [-0.3, -0.25) is 4.79 Å². The molecule has 1 aromatic heterocycles. The molecule has 0 aliphatic carbocycles. The van der Waals surface area contributed by atoms with Crippen LogP contribution in [0, 0.1) is 0 Å².